The second-order valence-corrected chi connectivity index (χ2v) is 7.16. The summed E-state index contributed by atoms with van der Waals surface area (Å²) in [5.41, 5.74) is 9.32. The lowest BCUT2D eigenvalue weighted by Crippen LogP contribution is -2.31. The van der Waals surface area contributed by atoms with Crippen LogP contribution in [0, 0.1) is 0 Å². The Morgan fingerprint density at radius 2 is 1.84 bits per heavy atom. The lowest BCUT2D eigenvalue weighted by molar-refractivity contribution is 0.262. The van der Waals surface area contributed by atoms with Crippen LogP contribution in [-0.4, -0.2) is 6.03 Å². The summed E-state index contributed by atoms with van der Waals surface area (Å²) in [6.45, 7) is 8.23. The molecule has 2 amide bonds. The van der Waals surface area contributed by atoms with Gasteiger partial charge in [-0.2, -0.15) is 0 Å². The normalized spacial score (nSPS) is 12.5. The van der Waals surface area contributed by atoms with Gasteiger partial charge < -0.3 is 16.4 Å². The number of hydrogen-bond acceptors (Lipinski definition) is 2. The molecule has 0 fully saturated rings. The Kier molecular flexibility index (Phi) is 6.21. The minimum Gasteiger partial charge on any atom is -0.322 e. The van der Waals surface area contributed by atoms with Crippen LogP contribution in [0.4, 0.5) is 16.2 Å². The van der Waals surface area contributed by atoms with Crippen LogP contribution in [0.1, 0.15) is 57.6 Å². The zero-order valence-corrected chi connectivity index (χ0v) is 15.6. The van der Waals surface area contributed by atoms with E-state index >= 15 is 0 Å². The van der Waals surface area contributed by atoms with E-state index in [0.717, 1.165) is 29.8 Å². The van der Waals surface area contributed by atoms with Gasteiger partial charge in [0.05, 0.1) is 0 Å². The Morgan fingerprint density at radius 3 is 2.52 bits per heavy atom. The molecule has 0 aromatic heterocycles. The fraction of sp³-hybridized carbons (Fsp3) is 0.381. The van der Waals surface area contributed by atoms with E-state index in [0.29, 0.717) is 5.92 Å². The molecule has 0 radical (unpaired) electrons. The Morgan fingerprint density at radius 1 is 1.12 bits per heavy atom. The smallest absolute Gasteiger partial charge is 0.322 e. The number of amides is 2. The maximum Gasteiger partial charge on any atom is 0.323 e. The first-order valence-corrected chi connectivity index (χ1v) is 8.87. The van der Waals surface area contributed by atoms with Gasteiger partial charge in [-0.3, -0.25) is 0 Å². The molecule has 134 valence electrons. The Labute approximate surface area is 150 Å². The first kappa shape index (κ1) is 19.0. The summed E-state index contributed by atoms with van der Waals surface area (Å²) in [5, 5.41) is 5.82. The number of nitrogens with one attached hydrogen (secondary N) is 2. The topological polar surface area (TPSA) is 67.2 Å². The van der Waals surface area contributed by atoms with Gasteiger partial charge in [0, 0.05) is 16.9 Å². The molecule has 0 aliphatic rings. The third-order valence-electron chi connectivity index (χ3n) is 4.30. The van der Waals surface area contributed by atoms with E-state index in [9.17, 15) is 4.79 Å². The third-order valence-corrected chi connectivity index (χ3v) is 4.30. The van der Waals surface area contributed by atoms with E-state index in [1.165, 1.54) is 5.56 Å². The largest absolute Gasteiger partial charge is 0.323 e. The highest BCUT2D eigenvalue weighted by Gasteiger charge is 2.19. The number of carbonyl (C=O) groups is 1. The fourth-order valence-electron chi connectivity index (χ4n) is 2.96. The first-order valence-electron chi connectivity index (χ1n) is 8.87. The summed E-state index contributed by atoms with van der Waals surface area (Å²) in [6, 6.07) is 15.4. The molecule has 0 saturated heterocycles. The number of urea groups is 1. The predicted molar refractivity (Wildman–Crippen MR) is 106 cm³/mol. The standard InChI is InChI=1S/C21H29N3O/c1-5-9-15(2)16-10-8-11-17(14-16)23-20(25)24-19-13-7-6-12-18(19)21(3,4)22/h6-8,10-15H,5,9,22H2,1-4H3,(H2,23,24,25). The van der Waals surface area contributed by atoms with E-state index in [4.69, 9.17) is 5.73 Å². The molecule has 4 nitrogen and oxygen atoms in total. The van der Waals surface area contributed by atoms with Gasteiger partial charge in [0.1, 0.15) is 0 Å². The quantitative estimate of drug-likeness (QED) is 0.657. The molecule has 4 heteroatoms. The maximum absolute atomic E-state index is 12.4. The van der Waals surface area contributed by atoms with Crippen molar-refractivity contribution < 1.29 is 4.79 Å². The number of para-hydroxylation sites is 1. The van der Waals surface area contributed by atoms with E-state index < -0.39 is 5.54 Å². The SMILES string of the molecule is CCCC(C)c1cccc(NC(=O)Nc2ccccc2C(C)(C)N)c1. The van der Waals surface area contributed by atoms with Gasteiger partial charge in [0.2, 0.25) is 0 Å². The van der Waals surface area contributed by atoms with E-state index in [1.807, 2.05) is 56.3 Å². The van der Waals surface area contributed by atoms with Gasteiger partial charge >= 0.3 is 6.03 Å². The van der Waals surface area contributed by atoms with E-state index in [1.54, 1.807) is 0 Å². The van der Waals surface area contributed by atoms with Gasteiger partial charge in [0.25, 0.3) is 0 Å². The monoisotopic (exact) mass is 339 g/mol. The Bertz CT molecular complexity index is 719. The fourth-order valence-corrected chi connectivity index (χ4v) is 2.96. The summed E-state index contributed by atoms with van der Waals surface area (Å²) in [4.78, 5) is 12.4. The van der Waals surface area contributed by atoms with Crippen molar-refractivity contribution in [1.29, 1.82) is 0 Å². The van der Waals surface area contributed by atoms with E-state index in [2.05, 4.69) is 30.5 Å². The lowest BCUT2D eigenvalue weighted by Gasteiger charge is -2.23. The second-order valence-electron chi connectivity index (χ2n) is 7.16. The van der Waals surface area contributed by atoms with Crippen LogP contribution < -0.4 is 16.4 Å². The molecule has 0 bridgehead atoms. The molecule has 0 aliphatic heterocycles. The molecule has 25 heavy (non-hydrogen) atoms. The third kappa shape index (κ3) is 5.33. The summed E-state index contributed by atoms with van der Waals surface area (Å²) < 4.78 is 0. The van der Waals surface area contributed by atoms with Crippen LogP contribution in [0.25, 0.3) is 0 Å². The molecule has 0 heterocycles. The Hall–Kier alpha value is -2.33. The molecule has 0 spiro atoms. The molecule has 2 aromatic carbocycles. The maximum atomic E-state index is 12.4. The van der Waals surface area contributed by atoms with Crippen LogP contribution in [-0.2, 0) is 5.54 Å². The number of anilines is 2. The van der Waals surface area contributed by atoms with Crippen LogP contribution >= 0.6 is 0 Å². The van der Waals surface area contributed by atoms with Gasteiger partial charge in [-0.25, -0.2) is 4.79 Å². The van der Waals surface area contributed by atoms with E-state index in [-0.39, 0.29) is 6.03 Å². The average Bonchev–Trinajstić information content (AvgIpc) is 2.54. The van der Waals surface area contributed by atoms with Crippen molar-refractivity contribution >= 4 is 17.4 Å². The molecular formula is C21H29N3O. The highest BCUT2D eigenvalue weighted by molar-refractivity contribution is 6.00. The highest BCUT2D eigenvalue weighted by atomic mass is 16.2. The van der Waals surface area contributed by atoms with Gasteiger partial charge in [0.15, 0.2) is 0 Å². The van der Waals surface area contributed by atoms with Crippen LogP contribution in [0.15, 0.2) is 48.5 Å². The predicted octanol–water partition coefficient (Wildman–Crippen LogP) is 5.43. The molecule has 4 N–H and O–H groups in total. The molecule has 2 aromatic rings. The van der Waals surface area contributed by atoms with Crippen molar-refractivity contribution in [3.05, 3.63) is 59.7 Å². The van der Waals surface area contributed by atoms with Gasteiger partial charge in [-0.1, -0.05) is 50.6 Å². The number of benzene rings is 2. The zero-order valence-electron chi connectivity index (χ0n) is 15.6. The summed E-state index contributed by atoms with van der Waals surface area (Å²) >= 11 is 0. The van der Waals surface area contributed by atoms with Crippen molar-refractivity contribution in [1.82, 2.24) is 0 Å². The van der Waals surface area contributed by atoms with Crippen LogP contribution in [0.2, 0.25) is 0 Å². The molecular weight excluding hydrogens is 310 g/mol. The lowest BCUT2D eigenvalue weighted by atomic mass is 9.94. The molecule has 2 rings (SSSR count). The summed E-state index contributed by atoms with van der Waals surface area (Å²) in [6.07, 6.45) is 2.28. The average molecular weight is 339 g/mol. The summed E-state index contributed by atoms with van der Waals surface area (Å²) in [7, 11) is 0. The van der Waals surface area contributed by atoms with Gasteiger partial charge in [-0.15, -0.1) is 0 Å². The van der Waals surface area contributed by atoms with Crippen molar-refractivity contribution in [2.24, 2.45) is 5.73 Å². The van der Waals surface area contributed by atoms with Crippen molar-refractivity contribution in [3.63, 3.8) is 0 Å². The van der Waals surface area contributed by atoms with Gasteiger partial charge in [-0.05, 0) is 55.5 Å². The van der Waals surface area contributed by atoms with Crippen molar-refractivity contribution in [2.75, 3.05) is 10.6 Å². The molecule has 1 atom stereocenters. The summed E-state index contributed by atoms with van der Waals surface area (Å²) in [5.74, 6) is 0.480. The first-order chi connectivity index (χ1) is 11.8. The highest BCUT2D eigenvalue weighted by Crippen LogP contribution is 2.26. The Balaban J connectivity index is 2.10. The number of hydrogen-bond donors (Lipinski definition) is 3. The minimum absolute atomic E-state index is 0.267. The van der Waals surface area contributed by atoms with Crippen LogP contribution in [0.3, 0.4) is 0 Å². The zero-order chi connectivity index (χ0) is 18.4. The second kappa shape index (κ2) is 8.17. The molecule has 0 aliphatic carbocycles. The number of rotatable bonds is 6. The van der Waals surface area contributed by atoms with Crippen LogP contribution in [0.5, 0.6) is 0 Å². The number of carbonyl (C=O) groups excluding carboxylic acids is 1. The minimum atomic E-state index is -0.528. The number of nitrogens with two attached hydrogens (primary N) is 1. The molecule has 1 unspecified atom stereocenters. The van der Waals surface area contributed by atoms with Crippen molar-refractivity contribution in [3.8, 4) is 0 Å². The van der Waals surface area contributed by atoms with Crippen molar-refractivity contribution in [2.45, 2.75) is 52.0 Å². The molecule has 0 saturated carbocycles.